The number of carbonyl (C=O) groups excluding carboxylic acids is 2. The molecule has 1 N–H and O–H groups in total. The van der Waals surface area contributed by atoms with E-state index in [-0.39, 0.29) is 42.8 Å². The van der Waals surface area contributed by atoms with Gasteiger partial charge in [-0.3, -0.25) is 9.59 Å². The molecule has 0 bridgehead atoms. The molecule has 1 aromatic carbocycles. The zero-order chi connectivity index (χ0) is 27.0. The van der Waals surface area contributed by atoms with Crippen molar-refractivity contribution in [1.82, 2.24) is 15.1 Å². The largest absolute Gasteiger partial charge is 0.416 e. The van der Waals surface area contributed by atoms with Crippen LogP contribution in [-0.2, 0) is 20.8 Å². The third-order valence-corrected chi connectivity index (χ3v) is 8.29. The second kappa shape index (κ2) is 10.6. The molecule has 36 heavy (non-hydrogen) atoms. The van der Waals surface area contributed by atoms with Crippen molar-refractivity contribution in [3.63, 3.8) is 0 Å². The Labute approximate surface area is 209 Å². The van der Waals surface area contributed by atoms with Crippen molar-refractivity contribution in [1.29, 1.82) is 0 Å². The van der Waals surface area contributed by atoms with Gasteiger partial charge in [0, 0.05) is 36.5 Å². The number of carbonyl (C=O) groups is 2. The average molecular weight is 536 g/mol. The molecule has 2 aliphatic rings. The zero-order valence-electron chi connectivity index (χ0n) is 20.8. The van der Waals surface area contributed by atoms with Crippen LogP contribution in [0.15, 0.2) is 18.2 Å². The Morgan fingerprint density at radius 1 is 1.19 bits per heavy atom. The highest BCUT2D eigenvalue weighted by molar-refractivity contribution is 7.90. The molecule has 1 aliphatic heterocycles. The third kappa shape index (κ3) is 6.76. The van der Waals surface area contributed by atoms with Crippen molar-refractivity contribution < 1.29 is 35.6 Å². The molecular weight excluding hydrogens is 502 g/mol. The average Bonchev–Trinajstić information content (AvgIpc) is 3.10. The van der Waals surface area contributed by atoms with Gasteiger partial charge in [-0.05, 0) is 70.7 Å². The fourth-order valence-electron chi connectivity index (χ4n) is 5.28. The number of benzene rings is 1. The van der Waals surface area contributed by atoms with Crippen LogP contribution in [0.3, 0.4) is 0 Å². The van der Waals surface area contributed by atoms with Gasteiger partial charge in [0.1, 0.15) is 21.7 Å². The molecule has 0 spiro atoms. The van der Waals surface area contributed by atoms with Gasteiger partial charge in [-0.1, -0.05) is 0 Å². The maximum absolute atomic E-state index is 13.7. The van der Waals surface area contributed by atoms with Crippen molar-refractivity contribution in [2.24, 2.45) is 5.92 Å². The lowest BCUT2D eigenvalue weighted by molar-refractivity contribution is -0.138. The van der Waals surface area contributed by atoms with E-state index in [9.17, 15) is 35.6 Å². The number of halogens is 4. The molecule has 1 aliphatic carbocycles. The number of nitrogens with one attached hydrogen (secondary N) is 1. The summed E-state index contributed by atoms with van der Waals surface area (Å²) in [6, 6.07) is 0.688. The smallest absolute Gasteiger partial charge is 0.340 e. The summed E-state index contributed by atoms with van der Waals surface area (Å²) in [5, 5.41) is 2.43. The molecule has 12 heteroatoms. The van der Waals surface area contributed by atoms with Gasteiger partial charge >= 0.3 is 6.18 Å². The molecule has 1 saturated heterocycles. The molecule has 1 heterocycles. The molecule has 202 valence electrons. The monoisotopic (exact) mass is 535 g/mol. The highest BCUT2D eigenvalue weighted by atomic mass is 32.2. The minimum absolute atomic E-state index is 0.0651. The van der Waals surface area contributed by atoms with E-state index in [0.29, 0.717) is 31.0 Å². The van der Waals surface area contributed by atoms with E-state index in [2.05, 4.69) is 24.1 Å². The number of amides is 2. The number of sulfone groups is 1. The molecule has 4 atom stereocenters. The van der Waals surface area contributed by atoms with Gasteiger partial charge in [0.05, 0.1) is 11.3 Å². The normalized spacial score (nSPS) is 25.6. The van der Waals surface area contributed by atoms with Gasteiger partial charge < -0.3 is 15.1 Å². The van der Waals surface area contributed by atoms with Gasteiger partial charge in [-0.15, -0.1) is 0 Å². The van der Waals surface area contributed by atoms with Crippen LogP contribution in [0.2, 0.25) is 0 Å². The maximum atomic E-state index is 13.7. The van der Waals surface area contributed by atoms with Crippen LogP contribution in [0.4, 0.5) is 17.6 Å². The van der Waals surface area contributed by atoms with Crippen LogP contribution in [-0.4, -0.2) is 79.8 Å². The van der Waals surface area contributed by atoms with E-state index in [1.54, 1.807) is 4.90 Å². The van der Waals surface area contributed by atoms with E-state index in [1.165, 1.54) is 6.26 Å². The topological polar surface area (TPSA) is 86.8 Å². The number of likely N-dealkylation sites (tertiary alicyclic amines) is 1. The summed E-state index contributed by atoms with van der Waals surface area (Å²) in [5.74, 6) is -2.94. The Hall–Kier alpha value is -2.21. The Balaban J connectivity index is 1.74. The van der Waals surface area contributed by atoms with E-state index in [4.69, 9.17) is 0 Å². The first kappa shape index (κ1) is 28.4. The minimum atomic E-state index is -4.83. The Morgan fingerprint density at radius 3 is 2.44 bits per heavy atom. The molecule has 3 rings (SSSR count). The number of nitrogens with zero attached hydrogens (tertiary/aromatic N) is 2. The summed E-state index contributed by atoms with van der Waals surface area (Å²) in [7, 11) is -1.32. The molecule has 2 fully saturated rings. The predicted octanol–water partition coefficient (Wildman–Crippen LogP) is 3.10. The molecule has 1 aromatic rings. The zero-order valence-corrected chi connectivity index (χ0v) is 21.6. The highest BCUT2D eigenvalue weighted by Gasteiger charge is 2.44. The maximum Gasteiger partial charge on any atom is 0.416 e. The first-order chi connectivity index (χ1) is 16.6. The number of hydrogen-bond donors (Lipinski definition) is 1. The standard InChI is InChI=1S/C24H33F4N3O4S/c1-14(2)30(3)19-5-6-21(16(11-19)13-36(4,34)35)31-8-7-20(23(31)33)29-22(32)15-9-17(24(26,27)28)12-18(25)10-15/h9-10,12,14,16,19-21H,5-8,11,13H2,1-4H3,(H,29,32)/t16-,19-,20+,21+/m1/s1. The predicted molar refractivity (Wildman–Crippen MR) is 127 cm³/mol. The quantitative estimate of drug-likeness (QED) is 0.543. The number of alkyl halides is 3. The lowest BCUT2D eigenvalue weighted by atomic mass is 9.81. The number of hydrogen-bond acceptors (Lipinski definition) is 5. The van der Waals surface area contributed by atoms with Crippen LogP contribution < -0.4 is 5.32 Å². The number of rotatable bonds is 7. The van der Waals surface area contributed by atoms with Crippen molar-refractivity contribution >= 4 is 21.7 Å². The van der Waals surface area contributed by atoms with Crippen LogP contribution >= 0.6 is 0 Å². The molecule has 2 amide bonds. The van der Waals surface area contributed by atoms with Crippen molar-refractivity contribution in [3.05, 3.63) is 35.1 Å². The molecule has 0 aromatic heterocycles. The van der Waals surface area contributed by atoms with E-state index < -0.39 is 50.8 Å². The fourth-order valence-corrected chi connectivity index (χ4v) is 6.42. The van der Waals surface area contributed by atoms with E-state index in [0.717, 1.165) is 6.42 Å². The third-order valence-electron chi connectivity index (χ3n) is 7.25. The Morgan fingerprint density at radius 2 is 1.86 bits per heavy atom. The lowest BCUT2D eigenvalue weighted by Gasteiger charge is -2.44. The fraction of sp³-hybridized carbons (Fsp3) is 0.667. The summed E-state index contributed by atoms with van der Waals surface area (Å²) in [4.78, 5) is 29.6. The molecule has 0 radical (unpaired) electrons. The van der Waals surface area contributed by atoms with Crippen LogP contribution in [0.1, 0.15) is 55.5 Å². The molecular formula is C24H33F4N3O4S. The summed E-state index contributed by atoms with van der Waals surface area (Å²) in [6.07, 6.45) is -1.44. The van der Waals surface area contributed by atoms with Crippen LogP contribution in [0.5, 0.6) is 0 Å². The first-order valence-electron chi connectivity index (χ1n) is 12.0. The Kier molecular flexibility index (Phi) is 8.39. The SMILES string of the molecule is CC(C)N(C)[C@@H]1CC[C@H](N2CC[C@H](NC(=O)c3cc(F)cc(C(F)(F)F)c3)C2=O)[C@@H](CS(C)(=O)=O)C1. The molecule has 1 saturated carbocycles. The second-order valence-electron chi connectivity index (χ2n) is 10.2. The molecule has 0 unspecified atom stereocenters. The first-order valence-corrected chi connectivity index (χ1v) is 14.0. The molecule has 7 nitrogen and oxygen atoms in total. The van der Waals surface area contributed by atoms with Gasteiger partial charge in [0.15, 0.2) is 0 Å². The van der Waals surface area contributed by atoms with E-state index >= 15 is 0 Å². The van der Waals surface area contributed by atoms with Crippen molar-refractivity contribution in [3.8, 4) is 0 Å². The Bertz CT molecular complexity index is 1090. The van der Waals surface area contributed by atoms with Gasteiger partial charge in [0.2, 0.25) is 5.91 Å². The van der Waals surface area contributed by atoms with Gasteiger partial charge in [-0.25, -0.2) is 12.8 Å². The summed E-state index contributed by atoms with van der Waals surface area (Å²) in [6.45, 7) is 4.41. The minimum Gasteiger partial charge on any atom is -0.340 e. The van der Waals surface area contributed by atoms with Gasteiger partial charge in [0.25, 0.3) is 5.91 Å². The van der Waals surface area contributed by atoms with Gasteiger partial charge in [-0.2, -0.15) is 13.2 Å². The lowest BCUT2D eigenvalue weighted by Crippen LogP contribution is -2.53. The summed E-state index contributed by atoms with van der Waals surface area (Å²) >= 11 is 0. The highest BCUT2D eigenvalue weighted by Crippen LogP contribution is 2.35. The summed E-state index contributed by atoms with van der Waals surface area (Å²) in [5.41, 5.74) is -1.82. The van der Waals surface area contributed by atoms with E-state index in [1.807, 2.05) is 7.05 Å². The van der Waals surface area contributed by atoms with Crippen molar-refractivity contribution in [2.45, 2.75) is 69.9 Å². The second-order valence-corrected chi connectivity index (χ2v) is 12.4. The van der Waals surface area contributed by atoms with Crippen molar-refractivity contribution in [2.75, 3.05) is 25.6 Å². The van der Waals surface area contributed by atoms with Crippen LogP contribution in [0.25, 0.3) is 0 Å². The summed E-state index contributed by atoms with van der Waals surface area (Å²) < 4.78 is 77.1. The van der Waals surface area contributed by atoms with Crippen LogP contribution in [0, 0.1) is 11.7 Å².